The molecule has 0 fully saturated rings. The van der Waals surface area contributed by atoms with Crippen LogP contribution in [0, 0.1) is 6.92 Å². The van der Waals surface area contributed by atoms with E-state index in [2.05, 4.69) is 43.4 Å². The maximum atomic E-state index is 10.4. The number of carboxylic acid groups (broad SMARTS) is 1. The summed E-state index contributed by atoms with van der Waals surface area (Å²) in [5.74, 6) is -1.00. The van der Waals surface area contributed by atoms with Crippen molar-refractivity contribution in [2.45, 2.75) is 72.3 Å². The first kappa shape index (κ1) is 25.4. The Labute approximate surface area is 153 Å². The molecule has 1 unspecified atom stereocenters. The number of carbonyl (C=O) groups excluding carboxylic acids is 1. The molecule has 0 spiro atoms. The smallest absolute Gasteiger partial charge is 0.326 e. The van der Waals surface area contributed by atoms with Gasteiger partial charge in [0.1, 0.15) is 6.04 Å². The van der Waals surface area contributed by atoms with E-state index in [0.29, 0.717) is 25.8 Å². The largest absolute Gasteiger partial charge is 0.480 e. The zero-order valence-corrected chi connectivity index (χ0v) is 16.3. The molecule has 4 N–H and O–H groups in total. The Hall–Kier alpha value is -1.88. The number of carboxylic acids is 1. The van der Waals surface area contributed by atoms with E-state index in [1.807, 2.05) is 13.8 Å². The van der Waals surface area contributed by atoms with E-state index in [-0.39, 0.29) is 0 Å². The highest BCUT2D eigenvalue weighted by molar-refractivity contribution is 5.76. The number of hydrogen-bond donors (Lipinski definition) is 3. The lowest BCUT2D eigenvalue weighted by molar-refractivity contribution is -0.140. The zero-order valence-electron chi connectivity index (χ0n) is 16.3. The van der Waals surface area contributed by atoms with Crippen LogP contribution in [0.2, 0.25) is 0 Å². The average molecular weight is 353 g/mol. The minimum absolute atomic E-state index is 0.404. The van der Waals surface area contributed by atoms with Gasteiger partial charge in [-0.25, -0.2) is 4.79 Å². The summed E-state index contributed by atoms with van der Waals surface area (Å²) in [6.45, 7) is 8.91. The second kappa shape index (κ2) is 18.5. The number of amides is 1. The number of nitrogens with two attached hydrogens (primary N) is 1. The lowest BCUT2D eigenvalue weighted by Crippen LogP contribution is -2.35. The molecule has 0 bridgehead atoms. The molecule has 1 atom stereocenters. The second-order valence-corrected chi connectivity index (χ2v) is 5.55. The molecule has 1 rings (SSSR count). The van der Waals surface area contributed by atoms with Crippen LogP contribution in [-0.2, 0) is 16.0 Å². The monoisotopic (exact) mass is 352 g/mol. The molecule has 0 saturated carbocycles. The molecular weight excluding hydrogens is 316 g/mol. The maximum Gasteiger partial charge on any atom is 0.326 e. The second-order valence-electron chi connectivity index (χ2n) is 5.55. The van der Waals surface area contributed by atoms with Crippen molar-refractivity contribution in [2.24, 2.45) is 5.73 Å². The van der Waals surface area contributed by atoms with Crippen LogP contribution in [0.15, 0.2) is 24.3 Å². The van der Waals surface area contributed by atoms with Crippen LogP contribution in [0.4, 0.5) is 0 Å². The van der Waals surface area contributed by atoms with Crippen LogP contribution in [0.1, 0.15) is 64.0 Å². The number of carbonyl (C=O) groups is 2. The molecule has 0 aliphatic heterocycles. The first-order chi connectivity index (χ1) is 12.0. The van der Waals surface area contributed by atoms with Gasteiger partial charge in [-0.2, -0.15) is 0 Å². The highest BCUT2D eigenvalue weighted by Crippen LogP contribution is 2.06. The average Bonchev–Trinajstić information content (AvgIpc) is 2.63. The summed E-state index contributed by atoms with van der Waals surface area (Å²) in [4.78, 5) is 20.4. The van der Waals surface area contributed by atoms with Gasteiger partial charge in [0.15, 0.2) is 0 Å². The normalized spacial score (nSPS) is 10.4. The Morgan fingerprint density at radius 2 is 1.80 bits per heavy atom. The van der Waals surface area contributed by atoms with Gasteiger partial charge in [-0.1, -0.05) is 57.0 Å². The molecular formula is C20H36N2O3. The van der Waals surface area contributed by atoms with E-state index in [1.165, 1.54) is 30.4 Å². The van der Waals surface area contributed by atoms with Gasteiger partial charge in [0, 0.05) is 0 Å². The molecule has 1 aromatic rings. The first-order valence-electron chi connectivity index (χ1n) is 9.23. The minimum atomic E-state index is -1.00. The van der Waals surface area contributed by atoms with Gasteiger partial charge in [-0.3, -0.25) is 4.79 Å². The molecule has 0 saturated heterocycles. The summed E-state index contributed by atoms with van der Waals surface area (Å²) in [6.07, 6.45) is 6.17. The van der Waals surface area contributed by atoms with E-state index >= 15 is 0 Å². The number of rotatable bonds is 10. The van der Waals surface area contributed by atoms with Crippen molar-refractivity contribution in [2.75, 3.05) is 6.54 Å². The third-order valence-corrected chi connectivity index (χ3v) is 3.45. The van der Waals surface area contributed by atoms with Gasteiger partial charge >= 0.3 is 5.97 Å². The van der Waals surface area contributed by atoms with Crippen molar-refractivity contribution in [3.8, 4) is 0 Å². The van der Waals surface area contributed by atoms with Crippen molar-refractivity contribution < 1.29 is 14.7 Å². The molecule has 0 heterocycles. The number of benzene rings is 1. The van der Waals surface area contributed by atoms with Gasteiger partial charge < -0.3 is 16.2 Å². The quantitative estimate of drug-likeness (QED) is 0.442. The lowest BCUT2D eigenvalue weighted by atomic mass is 10.1. The Kier molecular flexibility index (Phi) is 18.7. The molecule has 0 aliphatic rings. The lowest BCUT2D eigenvalue weighted by Gasteiger charge is -2.09. The first-order valence-corrected chi connectivity index (χ1v) is 9.23. The Balaban J connectivity index is 0. The molecule has 5 heteroatoms. The molecule has 25 heavy (non-hydrogen) atoms. The summed E-state index contributed by atoms with van der Waals surface area (Å²) in [7, 11) is 0. The van der Waals surface area contributed by atoms with E-state index in [0.717, 1.165) is 6.42 Å². The van der Waals surface area contributed by atoms with E-state index in [4.69, 9.17) is 10.8 Å². The van der Waals surface area contributed by atoms with Gasteiger partial charge in [0.05, 0.1) is 0 Å². The third kappa shape index (κ3) is 15.4. The molecule has 5 nitrogen and oxygen atoms in total. The maximum absolute atomic E-state index is 10.4. The molecule has 0 aliphatic carbocycles. The van der Waals surface area contributed by atoms with Crippen LogP contribution in [0.5, 0.6) is 0 Å². The summed E-state index contributed by atoms with van der Waals surface area (Å²) in [5, 5.41) is 10.8. The van der Waals surface area contributed by atoms with Crippen LogP contribution in [-0.4, -0.2) is 30.1 Å². The van der Waals surface area contributed by atoms with Crippen molar-refractivity contribution in [1.82, 2.24) is 5.32 Å². The standard InChI is InChI=1S/C11H16.C7H14N2O3.C2H6/c1-3-4-5-11-8-6-10(2)7-9-11;8-4-2-1-3-6(7(11)12)9-5-10;1-2/h6-9H,3-5H2,1-2H3;5-6H,1-4,8H2,(H,9,10)(H,11,12);1-2H3. The predicted molar refractivity (Wildman–Crippen MR) is 105 cm³/mol. The number of aliphatic carboxylic acids is 1. The molecule has 1 aromatic carbocycles. The number of nitrogens with one attached hydrogen (secondary N) is 1. The van der Waals surface area contributed by atoms with E-state index < -0.39 is 12.0 Å². The number of hydrogen-bond acceptors (Lipinski definition) is 3. The highest BCUT2D eigenvalue weighted by Gasteiger charge is 2.14. The Bertz CT molecular complexity index is 433. The topological polar surface area (TPSA) is 92.4 Å². The van der Waals surface area contributed by atoms with Gasteiger partial charge in [-0.05, 0) is 51.1 Å². The van der Waals surface area contributed by atoms with Gasteiger partial charge in [0.2, 0.25) is 6.41 Å². The SMILES string of the molecule is CC.CCCCc1ccc(C)cc1.NCCCCC(NC=O)C(=O)O. The van der Waals surface area contributed by atoms with Gasteiger partial charge in [0.25, 0.3) is 0 Å². The van der Waals surface area contributed by atoms with E-state index in [1.54, 1.807) is 0 Å². The molecule has 1 amide bonds. The summed E-state index contributed by atoms with van der Waals surface area (Å²) in [6, 6.07) is 8.06. The molecule has 144 valence electrons. The fourth-order valence-electron chi connectivity index (χ4n) is 1.99. The molecule has 0 radical (unpaired) electrons. The Morgan fingerprint density at radius 3 is 2.24 bits per heavy atom. The number of unbranched alkanes of at least 4 members (excludes halogenated alkanes) is 2. The van der Waals surface area contributed by atoms with Crippen LogP contribution in [0.25, 0.3) is 0 Å². The van der Waals surface area contributed by atoms with Crippen LogP contribution in [0.3, 0.4) is 0 Å². The highest BCUT2D eigenvalue weighted by atomic mass is 16.4. The fraction of sp³-hybridized carbons (Fsp3) is 0.600. The van der Waals surface area contributed by atoms with Crippen molar-refractivity contribution in [3.05, 3.63) is 35.4 Å². The zero-order chi connectivity index (χ0) is 19.5. The van der Waals surface area contributed by atoms with E-state index in [9.17, 15) is 9.59 Å². The summed E-state index contributed by atoms with van der Waals surface area (Å²) < 4.78 is 0. The van der Waals surface area contributed by atoms with Crippen molar-refractivity contribution in [3.63, 3.8) is 0 Å². The third-order valence-electron chi connectivity index (χ3n) is 3.45. The van der Waals surface area contributed by atoms with Crippen molar-refractivity contribution >= 4 is 12.4 Å². The molecule has 0 aromatic heterocycles. The predicted octanol–water partition coefficient (Wildman–Crippen LogP) is 3.68. The summed E-state index contributed by atoms with van der Waals surface area (Å²) in [5.41, 5.74) is 8.05. The van der Waals surface area contributed by atoms with Gasteiger partial charge in [-0.15, -0.1) is 0 Å². The van der Waals surface area contributed by atoms with Crippen LogP contribution >= 0.6 is 0 Å². The Morgan fingerprint density at radius 1 is 1.20 bits per heavy atom. The van der Waals surface area contributed by atoms with Crippen molar-refractivity contribution in [1.29, 1.82) is 0 Å². The number of aryl methyl sites for hydroxylation is 2. The van der Waals surface area contributed by atoms with Crippen LogP contribution < -0.4 is 11.1 Å². The summed E-state index contributed by atoms with van der Waals surface area (Å²) >= 11 is 0. The minimum Gasteiger partial charge on any atom is -0.480 e. The fourth-order valence-corrected chi connectivity index (χ4v) is 1.99.